The van der Waals surface area contributed by atoms with Gasteiger partial charge in [0.2, 0.25) is 10.0 Å². The Morgan fingerprint density at radius 1 is 0.815 bits per heavy atom. The van der Waals surface area contributed by atoms with Crippen molar-refractivity contribution in [1.29, 1.82) is 0 Å². The summed E-state index contributed by atoms with van der Waals surface area (Å²) in [5, 5.41) is 0. The normalized spacial score (nSPS) is 16.2. The first-order valence-corrected chi connectivity index (χ1v) is 9.19. The predicted octanol–water partition coefficient (Wildman–Crippen LogP) is 4.47. The van der Waals surface area contributed by atoms with E-state index in [1.54, 1.807) is 24.3 Å². The molecule has 0 aromatic heterocycles. The molecular weight excluding hydrogens is 396 g/mol. The molecule has 1 aliphatic heterocycles. The second-order valence-corrected chi connectivity index (χ2v) is 8.04. The molecule has 0 fully saturated rings. The topological polar surface area (TPSA) is 37.4 Å². The number of hydrogen-bond donors (Lipinski definition) is 0. The lowest BCUT2D eigenvalue weighted by atomic mass is 10.0. The molecular formula is C17H13F6NO2S. The lowest BCUT2D eigenvalue weighted by molar-refractivity contribution is -0.143. The summed E-state index contributed by atoms with van der Waals surface area (Å²) in [6.07, 6.45) is -9.90. The SMILES string of the molecule is O=S(=O)(c1cc(C(F)(F)F)cc(C(F)(F)F)c1)N1CCc2ccccc2C1. The molecule has 0 unspecified atom stereocenters. The quantitative estimate of drug-likeness (QED) is 0.687. The summed E-state index contributed by atoms with van der Waals surface area (Å²) in [6, 6.07) is 7.31. The molecule has 0 radical (unpaired) electrons. The number of rotatable bonds is 2. The molecule has 3 nitrogen and oxygen atoms in total. The van der Waals surface area contributed by atoms with Gasteiger partial charge in [-0.05, 0) is 35.7 Å². The number of halogens is 6. The van der Waals surface area contributed by atoms with Gasteiger partial charge in [0.15, 0.2) is 0 Å². The summed E-state index contributed by atoms with van der Waals surface area (Å²) in [7, 11) is -4.54. The molecule has 0 spiro atoms. The highest BCUT2D eigenvalue weighted by molar-refractivity contribution is 7.89. The summed E-state index contributed by atoms with van der Waals surface area (Å²) in [5.74, 6) is 0. The number of fused-ring (bicyclic) bond motifs is 1. The Morgan fingerprint density at radius 2 is 1.33 bits per heavy atom. The maximum absolute atomic E-state index is 13.0. The van der Waals surface area contributed by atoms with E-state index in [1.807, 2.05) is 0 Å². The predicted molar refractivity (Wildman–Crippen MR) is 84.2 cm³/mol. The van der Waals surface area contributed by atoms with E-state index < -0.39 is 38.4 Å². The summed E-state index contributed by atoms with van der Waals surface area (Å²) in [6.45, 7) is -0.146. The zero-order valence-corrected chi connectivity index (χ0v) is 14.4. The summed E-state index contributed by atoms with van der Waals surface area (Å²) in [5.41, 5.74) is -1.76. The molecule has 2 aromatic rings. The maximum atomic E-state index is 13.0. The lowest BCUT2D eigenvalue weighted by Crippen LogP contribution is -2.36. The molecule has 0 aliphatic carbocycles. The van der Waals surface area contributed by atoms with E-state index in [0.717, 1.165) is 9.87 Å². The minimum absolute atomic E-state index is 0.0308. The maximum Gasteiger partial charge on any atom is 0.416 e. The van der Waals surface area contributed by atoms with Crippen LogP contribution in [0.4, 0.5) is 26.3 Å². The Bertz CT molecular complexity index is 934. The molecule has 0 bridgehead atoms. The Balaban J connectivity index is 2.07. The number of nitrogens with zero attached hydrogens (tertiary/aromatic N) is 1. The van der Waals surface area contributed by atoms with Crippen LogP contribution >= 0.6 is 0 Å². The van der Waals surface area contributed by atoms with Crippen molar-refractivity contribution in [2.24, 2.45) is 0 Å². The van der Waals surface area contributed by atoms with Gasteiger partial charge in [0, 0.05) is 13.1 Å². The van der Waals surface area contributed by atoms with Gasteiger partial charge >= 0.3 is 12.4 Å². The van der Waals surface area contributed by atoms with Gasteiger partial charge < -0.3 is 0 Å². The molecule has 0 amide bonds. The van der Waals surface area contributed by atoms with Crippen molar-refractivity contribution in [2.75, 3.05) is 6.54 Å². The van der Waals surface area contributed by atoms with Gasteiger partial charge in [-0.1, -0.05) is 24.3 Å². The van der Waals surface area contributed by atoms with Crippen LogP contribution in [0.25, 0.3) is 0 Å². The second kappa shape index (κ2) is 6.52. The molecule has 3 rings (SSSR count). The van der Waals surface area contributed by atoms with Gasteiger partial charge in [-0.15, -0.1) is 0 Å². The second-order valence-electron chi connectivity index (χ2n) is 6.10. The first-order chi connectivity index (χ1) is 12.4. The van der Waals surface area contributed by atoms with Crippen LogP contribution in [0.2, 0.25) is 0 Å². The molecule has 27 heavy (non-hydrogen) atoms. The van der Waals surface area contributed by atoms with E-state index >= 15 is 0 Å². The minimum Gasteiger partial charge on any atom is -0.207 e. The van der Waals surface area contributed by atoms with Crippen LogP contribution < -0.4 is 0 Å². The van der Waals surface area contributed by atoms with Gasteiger partial charge in [0.1, 0.15) is 0 Å². The third-order valence-corrected chi connectivity index (χ3v) is 6.12. The third kappa shape index (κ3) is 3.96. The van der Waals surface area contributed by atoms with Crippen LogP contribution in [0.3, 0.4) is 0 Å². The van der Waals surface area contributed by atoms with Gasteiger partial charge in [0.05, 0.1) is 16.0 Å². The molecule has 2 aromatic carbocycles. The molecule has 1 heterocycles. The summed E-state index contributed by atoms with van der Waals surface area (Å²) in [4.78, 5) is -1.02. The molecule has 0 saturated carbocycles. The largest absolute Gasteiger partial charge is 0.416 e. The van der Waals surface area contributed by atoms with E-state index in [9.17, 15) is 34.8 Å². The van der Waals surface area contributed by atoms with Crippen molar-refractivity contribution in [1.82, 2.24) is 4.31 Å². The third-order valence-electron chi connectivity index (χ3n) is 4.29. The zero-order chi connectivity index (χ0) is 20.0. The van der Waals surface area contributed by atoms with Crippen molar-refractivity contribution in [3.63, 3.8) is 0 Å². The van der Waals surface area contributed by atoms with Crippen molar-refractivity contribution >= 4 is 10.0 Å². The Morgan fingerprint density at radius 3 is 1.85 bits per heavy atom. The average molecular weight is 409 g/mol. The van der Waals surface area contributed by atoms with Crippen LogP contribution in [0, 0.1) is 0 Å². The highest BCUT2D eigenvalue weighted by atomic mass is 32.2. The van der Waals surface area contributed by atoms with Gasteiger partial charge in [-0.25, -0.2) is 8.42 Å². The molecule has 0 saturated heterocycles. The Hall–Kier alpha value is -2.07. The van der Waals surface area contributed by atoms with Gasteiger partial charge in [-0.2, -0.15) is 30.6 Å². The highest BCUT2D eigenvalue weighted by Gasteiger charge is 2.39. The Kier molecular flexibility index (Phi) is 4.75. The van der Waals surface area contributed by atoms with Crippen molar-refractivity contribution < 1.29 is 34.8 Å². The van der Waals surface area contributed by atoms with Gasteiger partial charge in [0.25, 0.3) is 0 Å². The van der Waals surface area contributed by atoms with Crippen LogP contribution in [-0.2, 0) is 35.3 Å². The van der Waals surface area contributed by atoms with Crippen LogP contribution in [0.5, 0.6) is 0 Å². The van der Waals surface area contributed by atoms with Crippen molar-refractivity contribution in [3.05, 3.63) is 64.7 Å². The van der Waals surface area contributed by atoms with E-state index in [1.165, 1.54) is 0 Å². The Labute approximate surface area is 151 Å². The molecule has 0 N–H and O–H groups in total. The number of hydrogen-bond acceptors (Lipinski definition) is 2. The van der Waals surface area contributed by atoms with Crippen LogP contribution in [0.15, 0.2) is 47.4 Å². The standard InChI is InChI=1S/C17H13F6NO2S/c18-16(19,20)13-7-14(17(21,22)23)9-15(8-13)27(25,26)24-6-5-11-3-1-2-4-12(11)10-24/h1-4,7-9H,5-6,10H2. The first-order valence-electron chi connectivity index (χ1n) is 7.75. The summed E-state index contributed by atoms with van der Waals surface area (Å²) >= 11 is 0. The van der Waals surface area contributed by atoms with E-state index in [-0.39, 0.29) is 31.3 Å². The van der Waals surface area contributed by atoms with E-state index in [0.29, 0.717) is 12.0 Å². The van der Waals surface area contributed by atoms with Crippen molar-refractivity contribution in [3.8, 4) is 0 Å². The number of benzene rings is 2. The molecule has 1 aliphatic rings. The molecule has 146 valence electrons. The number of alkyl halides is 6. The zero-order valence-electron chi connectivity index (χ0n) is 13.6. The fraction of sp³-hybridized carbons (Fsp3) is 0.294. The lowest BCUT2D eigenvalue weighted by Gasteiger charge is -2.28. The van der Waals surface area contributed by atoms with E-state index in [2.05, 4.69) is 0 Å². The average Bonchev–Trinajstić information content (AvgIpc) is 2.59. The van der Waals surface area contributed by atoms with Crippen LogP contribution in [0.1, 0.15) is 22.3 Å². The highest BCUT2D eigenvalue weighted by Crippen LogP contribution is 2.38. The minimum atomic E-state index is -5.11. The summed E-state index contributed by atoms with van der Waals surface area (Å²) < 4.78 is 104. The first kappa shape index (κ1) is 19.7. The fourth-order valence-electron chi connectivity index (χ4n) is 2.90. The number of sulfonamides is 1. The fourth-order valence-corrected chi connectivity index (χ4v) is 4.39. The van der Waals surface area contributed by atoms with Crippen molar-refractivity contribution in [2.45, 2.75) is 30.2 Å². The molecule has 10 heteroatoms. The van der Waals surface area contributed by atoms with Gasteiger partial charge in [-0.3, -0.25) is 0 Å². The van der Waals surface area contributed by atoms with Crippen LogP contribution in [-0.4, -0.2) is 19.3 Å². The molecule has 0 atom stereocenters. The van der Waals surface area contributed by atoms with E-state index in [4.69, 9.17) is 0 Å². The monoisotopic (exact) mass is 409 g/mol. The smallest absolute Gasteiger partial charge is 0.207 e.